The third-order valence-electron chi connectivity index (χ3n) is 17.5. The number of rotatable bonds is 4. The summed E-state index contributed by atoms with van der Waals surface area (Å²) in [6.45, 7) is 8.86. The molecule has 0 saturated carbocycles. The molecule has 2 heteroatoms. The van der Waals surface area contributed by atoms with Gasteiger partial charge >= 0.3 is 0 Å². The van der Waals surface area contributed by atoms with E-state index in [1.807, 2.05) is 0 Å². The number of aryl methyl sites for hydroxylation is 4. The maximum absolute atomic E-state index is 5.89. The summed E-state index contributed by atoms with van der Waals surface area (Å²) >= 11 is 0. The van der Waals surface area contributed by atoms with Crippen LogP contribution in [0.25, 0.3) is 100 Å². The van der Waals surface area contributed by atoms with Gasteiger partial charge in [-0.1, -0.05) is 241 Å². The lowest BCUT2D eigenvalue weighted by atomic mass is 9.70. The fourth-order valence-electron chi connectivity index (χ4n) is 14.4. The minimum absolute atomic E-state index is 0.488. The fraction of sp³-hybridized carbons (Fsp3) is 0.0811. The van der Waals surface area contributed by atoms with Crippen LogP contribution in [0.1, 0.15) is 66.8 Å². The lowest BCUT2D eigenvalue weighted by molar-refractivity contribution is 0.793. The SMILES string of the molecule is Cc1ccc2c(c1)-c1cc(C)ccc1C21c2ccccc2-c2ccc(-c3ccc(-c4ccc5c(c4)C4(c6ccccc6-5)c5ccc(C)cc5-c5cc(C)ccc54)c4nc(-c5ccccc5)c(-c5ccccc5)nc34)cc21. The van der Waals surface area contributed by atoms with E-state index in [0.29, 0.717) is 0 Å². The second-order valence-corrected chi connectivity index (χ2v) is 21.8. The van der Waals surface area contributed by atoms with Crippen LogP contribution < -0.4 is 0 Å². The number of nitrogens with zero attached hydrogens (tertiary/aromatic N) is 2. The van der Waals surface area contributed by atoms with Crippen molar-refractivity contribution in [3.05, 3.63) is 297 Å². The molecule has 2 nitrogen and oxygen atoms in total. The van der Waals surface area contributed by atoms with Gasteiger partial charge in [-0.2, -0.15) is 0 Å². The zero-order chi connectivity index (χ0) is 50.6. The van der Waals surface area contributed by atoms with Gasteiger partial charge in [0.05, 0.1) is 33.3 Å². The Morgan fingerprint density at radius 1 is 0.224 bits per heavy atom. The van der Waals surface area contributed by atoms with Crippen LogP contribution in [0, 0.1) is 27.7 Å². The molecule has 356 valence electrons. The topological polar surface area (TPSA) is 25.8 Å². The largest absolute Gasteiger partial charge is 0.243 e. The maximum Gasteiger partial charge on any atom is 0.0979 e. The highest BCUT2D eigenvalue weighted by atomic mass is 14.8. The monoisotopic (exact) mass is 966 g/mol. The van der Waals surface area contributed by atoms with Crippen LogP contribution in [0.5, 0.6) is 0 Å². The van der Waals surface area contributed by atoms with E-state index in [2.05, 4.69) is 258 Å². The van der Waals surface area contributed by atoms with Gasteiger partial charge in [-0.3, -0.25) is 0 Å². The molecule has 2 spiro atoms. The van der Waals surface area contributed by atoms with Crippen molar-refractivity contribution in [2.75, 3.05) is 0 Å². The van der Waals surface area contributed by atoms with Crippen molar-refractivity contribution >= 4 is 11.0 Å². The quantitative estimate of drug-likeness (QED) is 0.176. The van der Waals surface area contributed by atoms with Crippen LogP contribution >= 0.6 is 0 Å². The lowest BCUT2D eigenvalue weighted by Crippen LogP contribution is -2.26. The summed E-state index contributed by atoms with van der Waals surface area (Å²) in [4.78, 5) is 11.8. The maximum atomic E-state index is 5.89. The Labute approximate surface area is 443 Å². The van der Waals surface area contributed by atoms with E-state index >= 15 is 0 Å². The second kappa shape index (κ2) is 15.6. The summed E-state index contributed by atoms with van der Waals surface area (Å²) in [6.07, 6.45) is 0. The van der Waals surface area contributed by atoms with Crippen LogP contribution in [-0.4, -0.2) is 9.97 Å². The number of hydrogen-bond acceptors (Lipinski definition) is 2. The smallest absolute Gasteiger partial charge is 0.0979 e. The Hall–Kier alpha value is -9.24. The van der Waals surface area contributed by atoms with Crippen LogP contribution in [-0.2, 0) is 10.8 Å². The summed E-state index contributed by atoms with van der Waals surface area (Å²) in [5, 5.41) is 0. The molecule has 1 heterocycles. The van der Waals surface area contributed by atoms with Crippen LogP contribution in [0.3, 0.4) is 0 Å². The molecule has 0 aliphatic heterocycles. The molecular formula is C74H50N2. The molecule has 4 aliphatic carbocycles. The van der Waals surface area contributed by atoms with E-state index < -0.39 is 10.8 Å². The summed E-state index contributed by atoms with van der Waals surface area (Å²) in [5.74, 6) is 0. The highest BCUT2D eigenvalue weighted by Crippen LogP contribution is 2.65. The van der Waals surface area contributed by atoms with Gasteiger partial charge in [-0.25, -0.2) is 9.97 Å². The molecule has 11 aromatic carbocycles. The summed E-state index contributed by atoms with van der Waals surface area (Å²) in [6, 6.07) is 86.8. The van der Waals surface area contributed by atoms with E-state index in [1.54, 1.807) is 0 Å². The first-order valence-corrected chi connectivity index (χ1v) is 26.7. The van der Waals surface area contributed by atoms with E-state index in [9.17, 15) is 0 Å². The van der Waals surface area contributed by atoms with Gasteiger partial charge in [0.15, 0.2) is 0 Å². The third kappa shape index (κ3) is 5.66. The summed E-state index contributed by atoms with van der Waals surface area (Å²) in [5.41, 5.74) is 35.0. The molecule has 1 aromatic heterocycles. The van der Waals surface area contributed by atoms with Gasteiger partial charge in [0.25, 0.3) is 0 Å². The highest BCUT2D eigenvalue weighted by molar-refractivity contribution is 6.05. The van der Waals surface area contributed by atoms with Crippen molar-refractivity contribution in [3.8, 4) is 89.3 Å². The molecular weight excluding hydrogens is 917 g/mol. The van der Waals surface area contributed by atoms with E-state index in [0.717, 1.165) is 55.8 Å². The standard InChI is InChI=1S/C74H50N2/c1-43-23-33-63-57(37-43)58-38-44(2)24-34-64(58)73(63)61-21-13-11-19-53(61)55-29-27-49(41-67(55)73)51-31-32-52(72-71(51)75-69(47-15-7-5-8-16-47)70(76-72)48-17-9-6-10-18-48)50-28-30-56-54-20-12-14-22-62(54)74(68(56)42-50)65-35-25-45(3)39-59(65)60-40-46(4)26-36-66(60)74/h5-42H,1-4H3. The number of benzene rings is 11. The van der Waals surface area contributed by atoms with Crippen LogP contribution in [0.4, 0.5) is 0 Å². The van der Waals surface area contributed by atoms with Gasteiger partial charge in [-0.15, -0.1) is 0 Å². The van der Waals surface area contributed by atoms with Gasteiger partial charge in [0, 0.05) is 22.3 Å². The van der Waals surface area contributed by atoms with Crippen molar-refractivity contribution < 1.29 is 0 Å². The van der Waals surface area contributed by atoms with Crippen molar-refractivity contribution in [3.63, 3.8) is 0 Å². The molecule has 0 fully saturated rings. The Bertz CT molecular complexity index is 4110. The first-order chi connectivity index (χ1) is 37.3. The molecule has 0 atom stereocenters. The van der Waals surface area contributed by atoms with Crippen LogP contribution in [0.2, 0.25) is 0 Å². The molecule has 0 unspecified atom stereocenters. The molecule has 4 aliphatic rings. The molecule has 12 aromatic rings. The van der Waals surface area contributed by atoms with Gasteiger partial charge in [0.2, 0.25) is 0 Å². The second-order valence-electron chi connectivity index (χ2n) is 21.8. The Morgan fingerprint density at radius 3 is 0.895 bits per heavy atom. The average molecular weight is 967 g/mol. The Balaban J connectivity index is 0.974. The van der Waals surface area contributed by atoms with Gasteiger partial charge in [0.1, 0.15) is 0 Å². The zero-order valence-corrected chi connectivity index (χ0v) is 42.8. The number of hydrogen-bond donors (Lipinski definition) is 0. The molecule has 16 rings (SSSR count). The van der Waals surface area contributed by atoms with Crippen molar-refractivity contribution in [2.24, 2.45) is 0 Å². The molecule has 76 heavy (non-hydrogen) atoms. The minimum Gasteiger partial charge on any atom is -0.243 e. The summed E-state index contributed by atoms with van der Waals surface area (Å²) in [7, 11) is 0. The molecule has 0 amide bonds. The van der Waals surface area contributed by atoms with E-state index in [1.165, 1.54) is 111 Å². The Kier molecular flexibility index (Phi) is 8.89. The predicted molar refractivity (Wildman–Crippen MR) is 313 cm³/mol. The Morgan fingerprint density at radius 2 is 0.526 bits per heavy atom. The van der Waals surface area contributed by atoms with Crippen LogP contribution in [0.15, 0.2) is 231 Å². The third-order valence-corrected chi connectivity index (χ3v) is 17.5. The zero-order valence-electron chi connectivity index (χ0n) is 42.8. The normalized spacial score (nSPS) is 14.0. The van der Waals surface area contributed by atoms with E-state index in [-0.39, 0.29) is 0 Å². The van der Waals surface area contributed by atoms with Gasteiger partial charge in [-0.05, 0) is 140 Å². The number of fused-ring (bicyclic) bond motifs is 21. The first-order valence-electron chi connectivity index (χ1n) is 26.7. The fourth-order valence-corrected chi connectivity index (χ4v) is 14.4. The lowest BCUT2D eigenvalue weighted by Gasteiger charge is -2.31. The molecule has 0 radical (unpaired) electrons. The van der Waals surface area contributed by atoms with Crippen molar-refractivity contribution in [2.45, 2.75) is 38.5 Å². The van der Waals surface area contributed by atoms with Crippen molar-refractivity contribution in [1.82, 2.24) is 9.97 Å². The molecule has 0 saturated heterocycles. The molecule has 0 N–H and O–H groups in total. The number of aromatic nitrogens is 2. The first kappa shape index (κ1) is 43.2. The van der Waals surface area contributed by atoms with E-state index in [4.69, 9.17) is 9.97 Å². The highest BCUT2D eigenvalue weighted by Gasteiger charge is 2.53. The molecule has 0 bridgehead atoms. The summed E-state index contributed by atoms with van der Waals surface area (Å²) < 4.78 is 0. The van der Waals surface area contributed by atoms with Gasteiger partial charge < -0.3 is 0 Å². The minimum atomic E-state index is -0.488. The predicted octanol–water partition coefficient (Wildman–Crippen LogP) is 18.2. The average Bonchev–Trinajstić information content (AvgIpc) is 4.23. The van der Waals surface area contributed by atoms with Crippen molar-refractivity contribution in [1.29, 1.82) is 0 Å².